The predicted molar refractivity (Wildman–Crippen MR) is 65.3 cm³/mol. The van der Waals surface area contributed by atoms with Crippen molar-refractivity contribution in [3.05, 3.63) is 24.3 Å². The van der Waals surface area contributed by atoms with E-state index in [0.29, 0.717) is 19.0 Å². The third-order valence-electron chi connectivity index (χ3n) is 2.97. The Balaban J connectivity index is 2.26. The van der Waals surface area contributed by atoms with Gasteiger partial charge in [0.25, 0.3) is 0 Å². The van der Waals surface area contributed by atoms with Crippen molar-refractivity contribution in [2.24, 2.45) is 5.92 Å². The minimum absolute atomic E-state index is 0.0199. The van der Waals surface area contributed by atoms with E-state index in [9.17, 15) is 13.5 Å². The molecule has 0 heterocycles. The van der Waals surface area contributed by atoms with Gasteiger partial charge in [0.05, 0.1) is 4.90 Å². The third-order valence-corrected chi connectivity index (χ3v) is 4.90. The van der Waals surface area contributed by atoms with Gasteiger partial charge in [-0.2, -0.15) is 4.31 Å². The smallest absolute Gasteiger partial charge is 0.243 e. The molecule has 1 aliphatic carbocycles. The van der Waals surface area contributed by atoms with E-state index < -0.39 is 10.0 Å². The highest BCUT2D eigenvalue weighted by Gasteiger charge is 2.30. The second kappa shape index (κ2) is 4.66. The Morgan fingerprint density at radius 1 is 1.41 bits per heavy atom. The Hall–Kier alpha value is -1.07. The summed E-state index contributed by atoms with van der Waals surface area (Å²) in [4.78, 5) is 0.167. The number of aromatic hydroxyl groups is 1. The standard InChI is InChI=1S/C12H17NO3S/c1-2-13(9-10-6-7-10)17(15,16)12-5-3-4-11(14)8-12/h3-5,8,10,14H,2,6-7,9H2,1H3. The van der Waals surface area contributed by atoms with Crippen molar-refractivity contribution in [1.29, 1.82) is 0 Å². The van der Waals surface area contributed by atoms with Gasteiger partial charge in [-0.1, -0.05) is 13.0 Å². The summed E-state index contributed by atoms with van der Waals surface area (Å²) in [7, 11) is -3.46. The highest BCUT2D eigenvalue weighted by molar-refractivity contribution is 7.89. The fourth-order valence-corrected chi connectivity index (χ4v) is 3.34. The fraction of sp³-hybridized carbons (Fsp3) is 0.500. The molecule has 0 aromatic heterocycles. The molecule has 0 spiro atoms. The van der Waals surface area contributed by atoms with Gasteiger partial charge < -0.3 is 5.11 Å². The summed E-state index contributed by atoms with van der Waals surface area (Å²) in [6.07, 6.45) is 2.23. The summed E-state index contributed by atoms with van der Waals surface area (Å²) in [5, 5.41) is 9.34. The molecule has 4 nitrogen and oxygen atoms in total. The van der Waals surface area contributed by atoms with Gasteiger partial charge in [0.2, 0.25) is 10.0 Å². The number of rotatable bonds is 5. The summed E-state index contributed by atoms with van der Waals surface area (Å²) in [5.74, 6) is 0.496. The van der Waals surface area contributed by atoms with Crippen molar-refractivity contribution in [3.63, 3.8) is 0 Å². The van der Waals surface area contributed by atoms with Gasteiger partial charge in [0, 0.05) is 13.1 Å². The van der Waals surface area contributed by atoms with E-state index in [1.807, 2.05) is 6.92 Å². The van der Waals surface area contributed by atoms with E-state index in [1.54, 1.807) is 6.07 Å². The maximum absolute atomic E-state index is 12.3. The predicted octanol–water partition coefficient (Wildman–Crippen LogP) is 1.81. The van der Waals surface area contributed by atoms with Crippen LogP contribution in [0, 0.1) is 5.92 Å². The van der Waals surface area contributed by atoms with Crippen LogP contribution in [0.25, 0.3) is 0 Å². The largest absolute Gasteiger partial charge is 0.508 e. The molecule has 0 amide bonds. The topological polar surface area (TPSA) is 57.6 Å². The van der Waals surface area contributed by atoms with Crippen LogP contribution in [0.2, 0.25) is 0 Å². The van der Waals surface area contributed by atoms with E-state index in [0.717, 1.165) is 12.8 Å². The monoisotopic (exact) mass is 255 g/mol. The van der Waals surface area contributed by atoms with Crippen LogP contribution in [-0.2, 0) is 10.0 Å². The first-order valence-electron chi connectivity index (χ1n) is 5.83. The first kappa shape index (κ1) is 12.4. The summed E-state index contributed by atoms with van der Waals surface area (Å²) in [5.41, 5.74) is 0. The van der Waals surface area contributed by atoms with Gasteiger partial charge >= 0.3 is 0 Å². The molecule has 1 N–H and O–H groups in total. The molecule has 17 heavy (non-hydrogen) atoms. The molecule has 94 valence electrons. The van der Waals surface area contributed by atoms with E-state index in [4.69, 9.17) is 0 Å². The molecule has 5 heteroatoms. The maximum Gasteiger partial charge on any atom is 0.243 e. The summed E-state index contributed by atoms with van der Waals surface area (Å²) < 4.78 is 26.1. The van der Waals surface area contributed by atoms with E-state index in [-0.39, 0.29) is 10.6 Å². The number of benzene rings is 1. The number of hydrogen-bond donors (Lipinski definition) is 1. The lowest BCUT2D eigenvalue weighted by Crippen LogP contribution is -2.32. The van der Waals surface area contributed by atoms with E-state index in [1.165, 1.54) is 22.5 Å². The molecule has 1 aliphatic rings. The number of hydrogen-bond acceptors (Lipinski definition) is 3. The van der Waals surface area contributed by atoms with Gasteiger partial charge in [-0.15, -0.1) is 0 Å². The quantitative estimate of drug-likeness (QED) is 0.873. The zero-order valence-corrected chi connectivity index (χ0v) is 10.7. The second-order valence-corrected chi connectivity index (χ2v) is 6.33. The summed E-state index contributed by atoms with van der Waals surface area (Å²) in [6, 6.07) is 5.83. The molecule has 0 atom stereocenters. The molecule has 0 saturated heterocycles. The molecule has 0 aliphatic heterocycles. The maximum atomic E-state index is 12.3. The average Bonchev–Trinajstić information content (AvgIpc) is 3.09. The van der Waals surface area contributed by atoms with Crippen LogP contribution < -0.4 is 0 Å². The van der Waals surface area contributed by atoms with Crippen LogP contribution in [0.4, 0.5) is 0 Å². The zero-order chi connectivity index (χ0) is 12.5. The minimum atomic E-state index is -3.46. The second-order valence-electron chi connectivity index (χ2n) is 4.40. The molecule has 2 rings (SSSR count). The molecule has 1 aromatic carbocycles. The minimum Gasteiger partial charge on any atom is -0.508 e. The Bertz CT molecular complexity index is 494. The third kappa shape index (κ3) is 2.79. The van der Waals surface area contributed by atoms with Crippen LogP contribution in [0.3, 0.4) is 0 Å². The number of phenolic OH excluding ortho intramolecular Hbond substituents is 1. The first-order chi connectivity index (χ1) is 8.04. The molecule has 1 fully saturated rings. The van der Waals surface area contributed by atoms with Crippen molar-refractivity contribution >= 4 is 10.0 Å². The number of sulfonamides is 1. The van der Waals surface area contributed by atoms with Crippen molar-refractivity contribution in [1.82, 2.24) is 4.31 Å². The summed E-state index contributed by atoms with van der Waals surface area (Å²) in [6.45, 7) is 2.89. The number of phenols is 1. The van der Waals surface area contributed by atoms with Gasteiger partial charge in [0.15, 0.2) is 0 Å². The van der Waals surface area contributed by atoms with E-state index in [2.05, 4.69) is 0 Å². The van der Waals surface area contributed by atoms with Gasteiger partial charge in [-0.25, -0.2) is 8.42 Å². The van der Waals surface area contributed by atoms with Crippen molar-refractivity contribution < 1.29 is 13.5 Å². The van der Waals surface area contributed by atoms with Crippen LogP contribution in [0.1, 0.15) is 19.8 Å². The molecule has 0 bridgehead atoms. The lowest BCUT2D eigenvalue weighted by atomic mass is 10.3. The van der Waals surface area contributed by atoms with Gasteiger partial charge in [0.1, 0.15) is 5.75 Å². The van der Waals surface area contributed by atoms with Crippen LogP contribution >= 0.6 is 0 Å². The molecular formula is C12H17NO3S. The Labute approximate surface area is 102 Å². The highest BCUT2D eigenvalue weighted by Crippen LogP contribution is 2.31. The Morgan fingerprint density at radius 2 is 2.12 bits per heavy atom. The first-order valence-corrected chi connectivity index (χ1v) is 7.27. The number of nitrogens with zero attached hydrogens (tertiary/aromatic N) is 1. The molecule has 1 saturated carbocycles. The van der Waals surface area contributed by atoms with Gasteiger partial charge in [-0.3, -0.25) is 0 Å². The Kier molecular flexibility index (Phi) is 3.40. The lowest BCUT2D eigenvalue weighted by Gasteiger charge is -2.20. The zero-order valence-electron chi connectivity index (χ0n) is 9.83. The lowest BCUT2D eigenvalue weighted by molar-refractivity contribution is 0.411. The van der Waals surface area contributed by atoms with Crippen molar-refractivity contribution in [2.45, 2.75) is 24.7 Å². The van der Waals surface area contributed by atoms with E-state index >= 15 is 0 Å². The van der Waals surface area contributed by atoms with Crippen molar-refractivity contribution in [2.75, 3.05) is 13.1 Å². The molecule has 1 aromatic rings. The normalized spacial score (nSPS) is 16.4. The molecule has 0 unspecified atom stereocenters. The van der Waals surface area contributed by atoms with Crippen LogP contribution in [-0.4, -0.2) is 30.9 Å². The Morgan fingerprint density at radius 3 is 2.65 bits per heavy atom. The fourth-order valence-electron chi connectivity index (χ4n) is 1.78. The van der Waals surface area contributed by atoms with Crippen molar-refractivity contribution in [3.8, 4) is 5.75 Å². The van der Waals surface area contributed by atoms with Crippen LogP contribution in [0.15, 0.2) is 29.2 Å². The van der Waals surface area contributed by atoms with Gasteiger partial charge in [-0.05, 0) is 37.0 Å². The highest BCUT2D eigenvalue weighted by atomic mass is 32.2. The SMILES string of the molecule is CCN(CC1CC1)S(=O)(=O)c1cccc(O)c1. The van der Waals surface area contributed by atoms with Crippen LogP contribution in [0.5, 0.6) is 5.75 Å². The molecular weight excluding hydrogens is 238 g/mol. The molecule has 0 radical (unpaired) electrons. The summed E-state index contributed by atoms with van der Waals surface area (Å²) >= 11 is 0. The average molecular weight is 255 g/mol.